The van der Waals surface area contributed by atoms with Crippen molar-refractivity contribution < 1.29 is 14.7 Å². The molecule has 1 aromatic carbocycles. The van der Waals surface area contributed by atoms with Crippen molar-refractivity contribution in [1.82, 2.24) is 25.1 Å². The zero-order chi connectivity index (χ0) is 26.9. The van der Waals surface area contributed by atoms with E-state index in [-0.39, 0.29) is 12.5 Å². The molecule has 0 fully saturated rings. The Kier molecular flexibility index (Phi) is 7.18. The molecule has 10 heteroatoms. The van der Waals surface area contributed by atoms with Gasteiger partial charge in [0.05, 0.1) is 29.5 Å². The molecule has 0 aliphatic heterocycles. The van der Waals surface area contributed by atoms with E-state index in [9.17, 15) is 14.7 Å². The van der Waals surface area contributed by atoms with Crippen LogP contribution in [0.2, 0.25) is 5.02 Å². The minimum absolute atomic E-state index is 0.255. The predicted molar refractivity (Wildman–Crippen MR) is 143 cm³/mol. The second kappa shape index (κ2) is 10.2. The van der Waals surface area contributed by atoms with Crippen LogP contribution < -0.4 is 10.2 Å². The molecule has 0 unspecified atom stereocenters. The smallest absolute Gasteiger partial charge is 0.413 e. The number of carboxylic acid groups (broad SMARTS) is 1. The van der Waals surface area contributed by atoms with Gasteiger partial charge in [-0.3, -0.25) is 19.4 Å². The van der Waals surface area contributed by atoms with E-state index in [2.05, 4.69) is 20.4 Å². The molecule has 37 heavy (non-hydrogen) atoms. The highest BCUT2D eigenvalue weighted by molar-refractivity contribution is 6.31. The average molecular weight is 521 g/mol. The third-order valence-electron chi connectivity index (χ3n) is 5.99. The number of rotatable bonds is 6. The van der Waals surface area contributed by atoms with Gasteiger partial charge in [-0.05, 0) is 70.0 Å². The molecule has 0 radical (unpaired) electrons. The lowest BCUT2D eigenvalue weighted by molar-refractivity contribution is 0.0950. The van der Waals surface area contributed by atoms with Crippen LogP contribution in [-0.4, -0.2) is 42.4 Å². The first kappa shape index (κ1) is 26.1. The Morgan fingerprint density at radius 3 is 2.51 bits per heavy atom. The van der Waals surface area contributed by atoms with Crippen molar-refractivity contribution in [1.29, 1.82) is 0 Å². The van der Waals surface area contributed by atoms with Crippen LogP contribution in [0.15, 0.2) is 48.8 Å². The van der Waals surface area contributed by atoms with E-state index in [1.54, 1.807) is 16.9 Å². The minimum Gasteiger partial charge on any atom is -0.465 e. The standard InChI is InChI=1S/C27H29ClN6O3/c1-16-10-24(34(26(36)37)27(3,4)5)31-17(2)22(16)13-29-25(35)19-12-30-33(14-19)15-21-9-7-18-6-8-20(28)11-23(18)32-21/h6-12,14H,13,15H2,1-5H3,(H,29,35)(H,36,37). The number of benzene rings is 1. The summed E-state index contributed by atoms with van der Waals surface area (Å²) in [5.74, 6) is 0.0881. The van der Waals surface area contributed by atoms with Gasteiger partial charge in [0.15, 0.2) is 0 Å². The molecule has 0 spiro atoms. The maximum atomic E-state index is 12.8. The summed E-state index contributed by atoms with van der Waals surface area (Å²) in [5.41, 5.74) is 3.71. The van der Waals surface area contributed by atoms with E-state index < -0.39 is 11.6 Å². The van der Waals surface area contributed by atoms with Gasteiger partial charge in [-0.2, -0.15) is 5.10 Å². The molecule has 2 N–H and O–H groups in total. The normalized spacial score (nSPS) is 11.5. The molecule has 192 valence electrons. The topological polar surface area (TPSA) is 113 Å². The molecule has 0 saturated carbocycles. The van der Waals surface area contributed by atoms with Crippen molar-refractivity contribution in [3.05, 3.63) is 81.9 Å². The first-order valence-corrected chi connectivity index (χ1v) is 12.2. The Morgan fingerprint density at radius 2 is 1.84 bits per heavy atom. The van der Waals surface area contributed by atoms with Gasteiger partial charge in [0.25, 0.3) is 5.91 Å². The lowest BCUT2D eigenvalue weighted by Crippen LogP contribution is -2.45. The fourth-order valence-corrected chi connectivity index (χ4v) is 4.34. The summed E-state index contributed by atoms with van der Waals surface area (Å²) in [6.45, 7) is 9.79. The predicted octanol–water partition coefficient (Wildman–Crippen LogP) is 5.36. The molecule has 3 aromatic heterocycles. The highest BCUT2D eigenvalue weighted by atomic mass is 35.5. The van der Waals surface area contributed by atoms with E-state index in [1.807, 2.05) is 65.0 Å². The first-order chi connectivity index (χ1) is 17.4. The van der Waals surface area contributed by atoms with Crippen LogP contribution in [0, 0.1) is 13.8 Å². The number of nitrogens with one attached hydrogen (secondary N) is 1. The van der Waals surface area contributed by atoms with Gasteiger partial charge < -0.3 is 10.4 Å². The fraction of sp³-hybridized carbons (Fsp3) is 0.296. The average Bonchev–Trinajstić information content (AvgIpc) is 3.25. The number of hydrogen-bond acceptors (Lipinski definition) is 5. The van der Waals surface area contributed by atoms with Gasteiger partial charge in [0.1, 0.15) is 5.82 Å². The third kappa shape index (κ3) is 5.89. The molecule has 0 aliphatic carbocycles. The van der Waals surface area contributed by atoms with Gasteiger partial charge in [-0.25, -0.2) is 9.78 Å². The van der Waals surface area contributed by atoms with Crippen molar-refractivity contribution in [3.63, 3.8) is 0 Å². The van der Waals surface area contributed by atoms with Crippen LogP contribution in [0.3, 0.4) is 0 Å². The Morgan fingerprint density at radius 1 is 1.11 bits per heavy atom. The summed E-state index contributed by atoms with van der Waals surface area (Å²) in [6, 6.07) is 11.2. The second-order valence-corrected chi connectivity index (χ2v) is 10.3. The van der Waals surface area contributed by atoms with E-state index in [0.29, 0.717) is 28.6 Å². The van der Waals surface area contributed by atoms with Crippen LogP contribution >= 0.6 is 11.6 Å². The summed E-state index contributed by atoms with van der Waals surface area (Å²) in [5, 5.41) is 18.5. The first-order valence-electron chi connectivity index (χ1n) is 11.8. The van der Waals surface area contributed by atoms with Crippen molar-refractivity contribution in [2.45, 2.75) is 53.2 Å². The number of amides is 2. The monoisotopic (exact) mass is 520 g/mol. The van der Waals surface area contributed by atoms with Crippen LogP contribution in [-0.2, 0) is 13.1 Å². The van der Waals surface area contributed by atoms with E-state index >= 15 is 0 Å². The largest absolute Gasteiger partial charge is 0.465 e. The number of anilines is 1. The van der Waals surface area contributed by atoms with Crippen LogP contribution in [0.25, 0.3) is 10.9 Å². The molecule has 4 aromatic rings. The van der Waals surface area contributed by atoms with Crippen molar-refractivity contribution in [3.8, 4) is 0 Å². The number of aromatic nitrogens is 4. The summed E-state index contributed by atoms with van der Waals surface area (Å²) in [4.78, 5) is 35.0. The Balaban J connectivity index is 1.44. The summed E-state index contributed by atoms with van der Waals surface area (Å²) in [7, 11) is 0. The summed E-state index contributed by atoms with van der Waals surface area (Å²) in [6.07, 6.45) is 2.12. The molecule has 2 amide bonds. The van der Waals surface area contributed by atoms with Crippen molar-refractivity contribution in [2.75, 3.05) is 4.90 Å². The van der Waals surface area contributed by atoms with Gasteiger partial charge >= 0.3 is 6.09 Å². The molecule has 4 rings (SSSR count). The highest BCUT2D eigenvalue weighted by Gasteiger charge is 2.29. The molecule has 0 aliphatic rings. The number of carbonyl (C=O) groups is 2. The zero-order valence-corrected chi connectivity index (χ0v) is 22.2. The molecule has 9 nitrogen and oxygen atoms in total. The number of nitrogens with zero attached hydrogens (tertiary/aromatic N) is 5. The lowest BCUT2D eigenvalue weighted by atomic mass is 10.0. The number of fused-ring (bicyclic) bond motifs is 1. The fourth-order valence-electron chi connectivity index (χ4n) is 4.17. The van der Waals surface area contributed by atoms with E-state index in [4.69, 9.17) is 11.6 Å². The number of pyridine rings is 2. The third-order valence-corrected chi connectivity index (χ3v) is 6.22. The van der Waals surface area contributed by atoms with Crippen LogP contribution in [0.5, 0.6) is 0 Å². The Labute approximate surface area is 220 Å². The van der Waals surface area contributed by atoms with Crippen LogP contribution in [0.4, 0.5) is 10.6 Å². The molecular formula is C27H29ClN6O3. The summed E-state index contributed by atoms with van der Waals surface area (Å²) < 4.78 is 1.66. The summed E-state index contributed by atoms with van der Waals surface area (Å²) >= 11 is 6.08. The van der Waals surface area contributed by atoms with Crippen LogP contribution in [0.1, 0.15) is 53.6 Å². The van der Waals surface area contributed by atoms with Crippen molar-refractivity contribution >= 4 is 40.3 Å². The van der Waals surface area contributed by atoms with Gasteiger partial charge in [0.2, 0.25) is 0 Å². The lowest BCUT2D eigenvalue weighted by Gasteiger charge is -2.32. The van der Waals surface area contributed by atoms with Gasteiger partial charge in [0, 0.05) is 34.4 Å². The van der Waals surface area contributed by atoms with Gasteiger partial charge in [-0.15, -0.1) is 0 Å². The number of halogens is 1. The SMILES string of the molecule is Cc1cc(N(C(=O)O)C(C)(C)C)nc(C)c1CNC(=O)c1cnn(Cc2ccc3ccc(Cl)cc3n2)c1. The second-order valence-electron chi connectivity index (χ2n) is 9.90. The van der Waals surface area contributed by atoms with Gasteiger partial charge in [-0.1, -0.05) is 23.7 Å². The maximum Gasteiger partial charge on any atom is 0.413 e. The molecular weight excluding hydrogens is 492 g/mol. The molecule has 0 atom stereocenters. The Bertz CT molecular complexity index is 1470. The molecule has 3 heterocycles. The maximum absolute atomic E-state index is 12.8. The number of carbonyl (C=O) groups excluding carboxylic acids is 1. The minimum atomic E-state index is -1.07. The number of hydrogen-bond donors (Lipinski definition) is 2. The number of aryl methyl sites for hydroxylation is 2. The molecule has 0 saturated heterocycles. The quantitative estimate of drug-likeness (QED) is 0.354. The zero-order valence-electron chi connectivity index (χ0n) is 21.4. The van der Waals surface area contributed by atoms with E-state index in [1.165, 1.54) is 11.1 Å². The Hall–Kier alpha value is -3.98. The highest BCUT2D eigenvalue weighted by Crippen LogP contribution is 2.26. The molecule has 0 bridgehead atoms. The van der Waals surface area contributed by atoms with E-state index in [0.717, 1.165) is 27.7 Å². The van der Waals surface area contributed by atoms with Crippen molar-refractivity contribution in [2.24, 2.45) is 0 Å².